The van der Waals surface area contributed by atoms with Crippen LogP contribution in [0.4, 0.5) is 0 Å². The number of ether oxygens (including phenoxy) is 3. The summed E-state index contributed by atoms with van der Waals surface area (Å²) in [5, 5.41) is 0. The third kappa shape index (κ3) is 3.67. The van der Waals surface area contributed by atoms with E-state index < -0.39 is 0 Å². The average Bonchev–Trinajstić information content (AvgIpc) is 3.23. The molecular formula is C18H26N2O3. The first-order valence-corrected chi connectivity index (χ1v) is 8.85. The fourth-order valence-corrected chi connectivity index (χ4v) is 4.18. The molecule has 2 saturated heterocycles. The zero-order chi connectivity index (χ0) is 15.5. The summed E-state index contributed by atoms with van der Waals surface area (Å²) in [5.74, 6) is 1.99. The quantitative estimate of drug-likeness (QED) is 0.830. The fraction of sp³-hybridized carbons (Fsp3) is 0.722. The summed E-state index contributed by atoms with van der Waals surface area (Å²) < 4.78 is 17.4. The first-order valence-electron chi connectivity index (χ1n) is 8.85. The van der Waals surface area contributed by atoms with Crippen LogP contribution in [-0.2, 0) is 9.47 Å². The number of hydrogen-bond acceptors (Lipinski definition) is 5. The summed E-state index contributed by atoms with van der Waals surface area (Å²) in [5.41, 5.74) is 0. The van der Waals surface area contributed by atoms with E-state index in [0.717, 1.165) is 45.3 Å². The monoisotopic (exact) mass is 318 g/mol. The Labute approximate surface area is 137 Å². The minimum absolute atomic E-state index is 0.378. The second-order valence-electron chi connectivity index (χ2n) is 7.02. The number of rotatable bonds is 5. The molecule has 0 bridgehead atoms. The van der Waals surface area contributed by atoms with Crippen LogP contribution in [0.5, 0.6) is 5.88 Å². The molecule has 1 aromatic rings. The van der Waals surface area contributed by atoms with Gasteiger partial charge in [-0.25, -0.2) is 4.98 Å². The lowest BCUT2D eigenvalue weighted by Crippen LogP contribution is -2.50. The second kappa shape index (κ2) is 7.16. The van der Waals surface area contributed by atoms with Gasteiger partial charge in [-0.3, -0.25) is 4.90 Å². The zero-order valence-electron chi connectivity index (χ0n) is 13.6. The molecule has 3 fully saturated rings. The zero-order valence-corrected chi connectivity index (χ0v) is 13.6. The first kappa shape index (κ1) is 15.4. The van der Waals surface area contributed by atoms with Crippen molar-refractivity contribution in [2.75, 3.05) is 39.5 Å². The summed E-state index contributed by atoms with van der Waals surface area (Å²) in [7, 11) is 0. The van der Waals surface area contributed by atoms with E-state index >= 15 is 0 Å². The standard InChI is InChI=1S/C18H26N2O3/c1-2-5-19-18(3-1)23-13-15-9-16-17(10-15)22-8-6-20(16)11-14-4-7-21-12-14/h1-3,5,14-17H,4,6-13H2/t14-,15-,16-,17-/m1/s1. The molecule has 0 unspecified atom stereocenters. The van der Waals surface area contributed by atoms with Gasteiger partial charge < -0.3 is 14.2 Å². The molecule has 1 saturated carbocycles. The summed E-state index contributed by atoms with van der Waals surface area (Å²) in [6.45, 7) is 5.70. The molecule has 1 aromatic heterocycles. The average molecular weight is 318 g/mol. The Morgan fingerprint density at radius 3 is 3.04 bits per heavy atom. The van der Waals surface area contributed by atoms with Crippen LogP contribution in [0.15, 0.2) is 24.4 Å². The largest absolute Gasteiger partial charge is 0.477 e. The van der Waals surface area contributed by atoms with Gasteiger partial charge >= 0.3 is 0 Å². The molecule has 4 rings (SSSR count). The lowest BCUT2D eigenvalue weighted by Gasteiger charge is -2.38. The van der Waals surface area contributed by atoms with Gasteiger partial charge in [-0.05, 0) is 37.2 Å². The van der Waals surface area contributed by atoms with Crippen LogP contribution in [0, 0.1) is 11.8 Å². The topological polar surface area (TPSA) is 43.8 Å². The molecule has 5 nitrogen and oxygen atoms in total. The second-order valence-corrected chi connectivity index (χ2v) is 7.02. The summed E-state index contributed by atoms with van der Waals surface area (Å²) >= 11 is 0. The molecular weight excluding hydrogens is 292 g/mol. The van der Waals surface area contributed by atoms with E-state index in [1.165, 1.54) is 19.4 Å². The lowest BCUT2D eigenvalue weighted by atomic mass is 10.0. The van der Waals surface area contributed by atoms with Gasteiger partial charge in [0.15, 0.2) is 0 Å². The number of hydrogen-bond donors (Lipinski definition) is 0. The van der Waals surface area contributed by atoms with Crippen molar-refractivity contribution in [2.45, 2.75) is 31.4 Å². The Balaban J connectivity index is 1.31. The third-order valence-corrected chi connectivity index (χ3v) is 5.37. The number of aromatic nitrogens is 1. The number of morpholine rings is 1. The van der Waals surface area contributed by atoms with Gasteiger partial charge in [0.05, 0.1) is 25.9 Å². The van der Waals surface area contributed by atoms with Crippen molar-refractivity contribution in [1.29, 1.82) is 0 Å². The van der Waals surface area contributed by atoms with Crippen molar-refractivity contribution >= 4 is 0 Å². The van der Waals surface area contributed by atoms with Crippen LogP contribution in [0.2, 0.25) is 0 Å². The van der Waals surface area contributed by atoms with E-state index in [0.29, 0.717) is 24.0 Å². The molecule has 0 spiro atoms. The molecule has 126 valence electrons. The highest BCUT2D eigenvalue weighted by atomic mass is 16.5. The summed E-state index contributed by atoms with van der Waals surface area (Å²) in [6, 6.07) is 6.35. The van der Waals surface area contributed by atoms with Gasteiger partial charge in [0.25, 0.3) is 0 Å². The molecule has 1 aliphatic carbocycles. The highest BCUT2D eigenvalue weighted by Gasteiger charge is 2.41. The highest BCUT2D eigenvalue weighted by Crippen LogP contribution is 2.35. The smallest absolute Gasteiger partial charge is 0.213 e. The van der Waals surface area contributed by atoms with Crippen molar-refractivity contribution in [3.05, 3.63) is 24.4 Å². The fourth-order valence-electron chi connectivity index (χ4n) is 4.18. The number of fused-ring (bicyclic) bond motifs is 1. The van der Waals surface area contributed by atoms with E-state index in [9.17, 15) is 0 Å². The van der Waals surface area contributed by atoms with E-state index in [2.05, 4.69) is 9.88 Å². The van der Waals surface area contributed by atoms with Crippen molar-refractivity contribution in [1.82, 2.24) is 9.88 Å². The highest BCUT2D eigenvalue weighted by molar-refractivity contribution is 5.09. The Bertz CT molecular complexity index is 492. The van der Waals surface area contributed by atoms with Crippen molar-refractivity contribution in [3.8, 4) is 5.88 Å². The number of nitrogens with zero attached hydrogens (tertiary/aromatic N) is 2. The molecule has 2 aliphatic heterocycles. The SMILES string of the molecule is c1ccc(OC[C@@H]2C[C@@H]3[C@@H](C2)OCCN3C[C@H]2CCOC2)nc1. The van der Waals surface area contributed by atoms with Crippen LogP contribution >= 0.6 is 0 Å². The van der Waals surface area contributed by atoms with Crippen molar-refractivity contribution in [3.63, 3.8) is 0 Å². The van der Waals surface area contributed by atoms with Crippen LogP contribution in [0.1, 0.15) is 19.3 Å². The number of pyridine rings is 1. The Hall–Kier alpha value is -1.17. The van der Waals surface area contributed by atoms with Gasteiger partial charge in [-0.2, -0.15) is 0 Å². The van der Waals surface area contributed by atoms with E-state index in [4.69, 9.17) is 14.2 Å². The van der Waals surface area contributed by atoms with E-state index in [-0.39, 0.29) is 0 Å². The minimum Gasteiger partial charge on any atom is -0.477 e. The Morgan fingerprint density at radius 2 is 2.22 bits per heavy atom. The van der Waals surface area contributed by atoms with Crippen LogP contribution in [0.3, 0.4) is 0 Å². The predicted molar refractivity (Wildman–Crippen MR) is 86.5 cm³/mol. The van der Waals surface area contributed by atoms with E-state index in [1.807, 2.05) is 18.2 Å². The molecule has 23 heavy (non-hydrogen) atoms. The molecule has 3 aliphatic rings. The maximum atomic E-state index is 6.03. The Kier molecular flexibility index (Phi) is 4.78. The third-order valence-electron chi connectivity index (χ3n) is 5.37. The molecule has 0 N–H and O–H groups in total. The lowest BCUT2D eigenvalue weighted by molar-refractivity contribution is -0.0605. The molecule has 4 atom stereocenters. The molecule has 0 aromatic carbocycles. The predicted octanol–water partition coefficient (Wildman–Crippen LogP) is 1.98. The van der Waals surface area contributed by atoms with Gasteiger partial charge in [0.2, 0.25) is 5.88 Å². The van der Waals surface area contributed by atoms with Gasteiger partial charge in [-0.1, -0.05) is 6.07 Å². The maximum Gasteiger partial charge on any atom is 0.213 e. The normalized spacial score (nSPS) is 34.4. The van der Waals surface area contributed by atoms with Crippen molar-refractivity contribution in [2.24, 2.45) is 11.8 Å². The van der Waals surface area contributed by atoms with Crippen molar-refractivity contribution < 1.29 is 14.2 Å². The van der Waals surface area contributed by atoms with Gasteiger partial charge in [0.1, 0.15) is 0 Å². The summed E-state index contributed by atoms with van der Waals surface area (Å²) in [6.07, 6.45) is 5.64. The van der Waals surface area contributed by atoms with Crippen LogP contribution < -0.4 is 4.74 Å². The molecule has 0 amide bonds. The van der Waals surface area contributed by atoms with Crippen LogP contribution in [0.25, 0.3) is 0 Å². The molecule has 5 heteroatoms. The van der Waals surface area contributed by atoms with Gasteiger partial charge in [0, 0.05) is 38.0 Å². The molecule has 3 heterocycles. The first-order chi connectivity index (χ1) is 11.4. The summed E-state index contributed by atoms with van der Waals surface area (Å²) in [4.78, 5) is 6.88. The maximum absolute atomic E-state index is 6.03. The Morgan fingerprint density at radius 1 is 1.22 bits per heavy atom. The van der Waals surface area contributed by atoms with Crippen LogP contribution in [-0.4, -0.2) is 61.5 Å². The van der Waals surface area contributed by atoms with Gasteiger partial charge in [-0.15, -0.1) is 0 Å². The van der Waals surface area contributed by atoms with E-state index in [1.54, 1.807) is 6.20 Å². The minimum atomic E-state index is 0.378. The molecule has 0 radical (unpaired) electrons.